The molecule has 4 heteroatoms. The minimum Gasteiger partial charge on any atom is -0.550 e. The standard InChI is InChI=1S/C37H75NO2.K/c1-3-5-7-9-11-13-15-17-19-21-23-25-27-29-31-34-38(36-33-37(39)40)35-32-30-28-26-24-22-20-18-16-14-12-10-8-6-4-2;/h3-36H2,1-2H3,(H,39,40);/q;+1/p-1. The van der Waals surface area contributed by atoms with Crippen LogP contribution in [0, 0.1) is 0 Å². The van der Waals surface area contributed by atoms with E-state index in [1.54, 1.807) is 0 Å². The summed E-state index contributed by atoms with van der Waals surface area (Å²) in [4.78, 5) is 13.4. The number of unbranched alkanes of at least 4 members (excludes halogenated alkanes) is 28. The normalized spacial score (nSPS) is 11.3. The Morgan fingerprint density at radius 2 is 0.610 bits per heavy atom. The summed E-state index contributed by atoms with van der Waals surface area (Å²) in [6.45, 7) is 7.36. The van der Waals surface area contributed by atoms with Gasteiger partial charge >= 0.3 is 51.4 Å². The van der Waals surface area contributed by atoms with Crippen LogP contribution in [0.2, 0.25) is 0 Å². The Labute approximate surface area is 302 Å². The van der Waals surface area contributed by atoms with Crippen LogP contribution >= 0.6 is 0 Å². The molecule has 0 aromatic rings. The van der Waals surface area contributed by atoms with Gasteiger partial charge in [-0.25, -0.2) is 0 Å². The van der Waals surface area contributed by atoms with Gasteiger partial charge in [0.25, 0.3) is 0 Å². The van der Waals surface area contributed by atoms with Crippen LogP contribution in [0.15, 0.2) is 0 Å². The molecule has 0 amide bonds. The molecule has 3 nitrogen and oxygen atoms in total. The van der Waals surface area contributed by atoms with Crippen LogP contribution < -0.4 is 56.5 Å². The van der Waals surface area contributed by atoms with E-state index >= 15 is 0 Å². The van der Waals surface area contributed by atoms with Gasteiger partial charge < -0.3 is 14.8 Å². The van der Waals surface area contributed by atoms with E-state index in [0.29, 0.717) is 6.54 Å². The van der Waals surface area contributed by atoms with E-state index in [1.165, 1.54) is 193 Å². The number of carbonyl (C=O) groups is 1. The van der Waals surface area contributed by atoms with E-state index < -0.39 is 5.97 Å². The zero-order valence-electron chi connectivity index (χ0n) is 28.8. The van der Waals surface area contributed by atoms with Crippen LogP contribution in [0.3, 0.4) is 0 Å². The molecule has 0 unspecified atom stereocenters. The number of nitrogens with zero attached hydrogens (tertiary/aromatic N) is 1. The second-order valence-electron chi connectivity index (χ2n) is 12.9. The number of carboxylic acids is 1. The van der Waals surface area contributed by atoms with Crippen molar-refractivity contribution < 1.29 is 61.3 Å². The molecule has 0 saturated heterocycles. The monoisotopic (exact) mass is 604 g/mol. The van der Waals surface area contributed by atoms with Crippen molar-refractivity contribution in [2.24, 2.45) is 0 Å². The van der Waals surface area contributed by atoms with Crippen molar-refractivity contribution in [2.75, 3.05) is 19.6 Å². The molecule has 0 atom stereocenters. The van der Waals surface area contributed by atoms with Crippen molar-refractivity contribution in [3.05, 3.63) is 0 Å². The van der Waals surface area contributed by atoms with Crippen LogP contribution in [0.1, 0.15) is 213 Å². The molecule has 0 N–H and O–H groups in total. The van der Waals surface area contributed by atoms with Gasteiger partial charge in [0.1, 0.15) is 0 Å². The number of carboxylic acid groups (broad SMARTS) is 1. The predicted molar refractivity (Wildman–Crippen MR) is 176 cm³/mol. The summed E-state index contributed by atoms with van der Waals surface area (Å²) in [5, 5.41) is 11.0. The summed E-state index contributed by atoms with van der Waals surface area (Å²) >= 11 is 0. The van der Waals surface area contributed by atoms with Crippen molar-refractivity contribution >= 4 is 5.97 Å². The number of hydrogen-bond donors (Lipinski definition) is 0. The van der Waals surface area contributed by atoms with Gasteiger partial charge in [-0.1, -0.05) is 194 Å². The van der Waals surface area contributed by atoms with Gasteiger partial charge in [0.2, 0.25) is 0 Å². The van der Waals surface area contributed by atoms with Crippen LogP contribution in [0.25, 0.3) is 0 Å². The van der Waals surface area contributed by atoms with Gasteiger partial charge in [-0.05, 0) is 32.4 Å². The van der Waals surface area contributed by atoms with E-state index in [-0.39, 0.29) is 57.8 Å². The van der Waals surface area contributed by atoms with Crippen LogP contribution in [0.4, 0.5) is 0 Å². The number of hydrogen-bond acceptors (Lipinski definition) is 3. The van der Waals surface area contributed by atoms with Crippen molar-refractivity contribution in [3.63, 3.8) is 0 Å². The van der Waals surface area contributed by atoms with Crippen molar-refractivity contribution in [1.29, 1.82) is 0 Å². The molecule has 0 heterocycles. The molecule has 0 aromatic heterocycles. The first-order chi connectivity index (χ1) is 19.7. The maximum Gasteiger partial charge on any atom is 1.00 e. The van der Waals surface area contributed by atoms with E-state index in [0.717, 1.165) is 13.1 Å². The molecule has 0 aliphatic rings. The van der Waals surface area contributed by atoms with Crippen molar-refractivity contribution in [1.82, 2.24) is 4.90 Å². The summed E-state index contributed by atoms with van der Waals surface area (Å²) in [5.41, 5.74) is 0. The van der Waals surface area contributed by atoms with Crippen molar-refractivity contribution in [3.8, 4) is 0 Å². The maximum absolute atomic E-state index is 11.0. The van der Waals surface area contributed by atoms with Crippen LogP contribution in [-0.2, 0) is 4.79 Å². The third-order valence-corrected chi connectivity index (χ3v) is 8.79. The van der Waals surface area contributed by atoms with Gasteiger partial charge in [-0.2, -0.15) is 0 Å². The number of aliphatic carboxylic acids is 1. The molecule has 0 aliphatic carbocycles. The first-order valence-electron chi connectivity index (χ1n) is 18.6. The molecule has 0 radical (unpaired) electrons. The SMILES string of the molecule is CCCCCCCCCCCCCCCCCN(CCCCCCCCCCCCCCCCC)CCC(=O)[O-].[K+]. The molecule has 0 rings (SSSR count). The largest absolute Gasteiger partial charge is 1.00 e. The summed E-state index contributed by atoms with van der Waals surface area (Å²) in [5.74, 6) is -0.905. The molecule has 41 heavy (non-hydrogen) atoms. The second-order valence-corrected chi connectivity index (χ2v) is 12.9. The summed E-state index contributed by atoms with van der Waals surface area (Å²) in [6, 6.07) is 0. The fraction of sp³-hybridized carbons (Fsp3) is 0.973. The molecular weight excluding hydrogens is 530 g/mol. The minimum atomic E-state index is -0.905. The maximum atomic E-state index is 11.0. The molecule has 0 spiro atoms. The Bertz CT molecular complexity index is 454. The van der Waals surface area contributed by atoms with Crippen molar-refractivity contribution in [2.45, 2.75) is 213 Å². The van der Waals surface area contributed by atoms with E-state index in [4.69, 9.17) is 0 Å². The number of rotatable bonds is 35. The van der Waals surface area contributed by atoms with Crippen LogP contribution in [0.5, 0.6) is 0 Å². The molecule has 0 bridgehead atoms. The molecular formula is C37H74KNO2. The molecule has 0 saturated carbocycles. The van der Waals surface area contributed by atoms with Gasteiger partial charge in [0.15, 0.2) is 0 Å². The van der Waals surface area contributed by atoms with E-state index in [9.17, 15) is 9.90 Å². The average Bonchev–Trinajstić information content (AvgIpc) is 2.95. The summed E-state index contributed by atoms with van der Waals surface area (Å²) in [7, 11) is 0. The first-order valence-corrected chi connectivity index (χ1v) is 18.6. The Morgan fingerprint density at radius 3 is 0.829 bits per heavy atom. The quantitative estimate of drug-likeness (QED) is 0.0542. The zero-order valence-corrected chi connectivity index (χ0v) is 31.9. The molecule has 240 valence electrons. The van der Waals surface area contributed by atoms with Gasteiger partial charge in [-0.15, -0.1) is 0 Å². The van der Waals surface area contributed by atoms with E-state index in [1.807, 2.05) is 0 Å². The van der Waals surface area contributed by atoms with E-state index in [2.05, 4.69) is 18.7 Å². The predicted octanol–water partition coefficient (Wildman–Crippen LogP) is 8.18. The third-order valence-electron chi connectivity index (χ3n) is 8.79. The smallest absolute Gasteiger partial charge is 0.550 e. The summed E-state index contributed by atoms with van der Waals surface area (Å²) in [6.07, 6.45) is 41.8. The Morgan fingerprint density at radius 1 is 0.390 bits per heavy atom. The minimum absolute atomic E-state index is 0. The zero-order chi connectivity index (χ0) is 29.2. The molecule has 0 aromatic carbocycles. The molecule has 0 fully saturated rings. The Kier molecular flexibility index (Phi) is 42.1. The van der Waals surface area contributed by atoms with Gasteiger partial charge in [-0.3, -0.25) is 0 Å². The summed E-state index contributed by atoms with van der Waals surface area (Å²) < 4.78 is 0. The van der Waals surface area contributed by atoms with Gasteiger partial charge in [0, 0.05) is 12.5 Å². The van der Waals surface area contributed by atoms with Crippen LogP contribution in [-0.4, -0.2) is 30.5 Å². The number of carbonyl (C=O) groups excluding carboxylic acids is 1. The Balaban J connectivity index is 0. The van der Waals surface area contributed by atoms with Gasteiger partial charge in [0.05, 0.1) is 0 Å². The molecule has 0 aliphatic heterocycles. The first kappa shape index (κ1) is 44.2. The second kappa shape index (κ2) is 39.1. The fourth-order valence-electron chi connectivity index (χ4n) is 6.00. The third kappa shape index (κ3) is 39.0. The fourth-order valence-corrected chi connectivity index (χ4v) is 6.00. The topological polar surface area (TPSA) is 43.4 Å². The average molecular weight is 604 g/mol. The Hall–Kier alpha value is 1.07.